The fourth-order valence-corrected chi connectivity index (χ4v) is 4.08. The maximum absolute atomic E-state index is 12.4. The highest BCUT2D eigenvalue weighted by Gasteiger charge is 2.14. The molecule has 0 aromatic heterocycles. The summed E-state index contributed by atoms with van der Waals surface area (Å²) in [5.41, 5.74) is 2.93. The predicted octanol–water partition coefficient (Wildman–Crippen LogP) is 4.76. The zero-order chi connectivity index (χ0) is 17.9. The summed E-state index contributed by atoms with van der Waals surface area (Å²) in [6.07, 6.45) is 1.41. The zero-order valence-electron chi connectivity index (χ0n) is 13.0. The van der Waals surface area contributed by atoms with Crippen molar-refractivity contribution in [2.45, 2.75) is 13.8 Å². The molecule has 4 nitrogen and oxygen atoms in total. The van der Waals surface area contributed by atoms with Crippen LogP contribution < -0.4 is 5.32 Å². The topological polar surface area (TPSA) is 73.1 Å². The van der Waals surface area contributed by atoms with Crippen LogP contribution in [-0.2, 0) is 4.79 Å². The first kappa shape index (κ1) is 18.7. The standard InChI is InChI=1S/C18H14I2N2O2/c1-10-4-3-5-11(2)16(10)22-18(24)13(9-21)6-12-7-14(19)8-15(20)17(12)23/h3-8,23H,1-2H3,(H,22,24)/b13-6-. The lowest BCUT2D eigenvalue weighted by molar-refractivity contribution is -0.112. The van der Waals surface area contributed by atoms with E-state index in [1.807, 2.05) is 66.8 Å². The smallest absolute Gasteiger partial charge is 0.266 e. The first-order valence-electron chi connectivity index (χ1n) is 7.01. The van der Waals surface area contributed by atoms with Gasteiger partial charge in [-0.25, -0.2) is 0 Å². The van der Waals surface area contributed by atoms with E-state index in [2.05, 4.69) is 27.9 Å². The molecule has 0 unspecified atom stereocenters. The Kier molecular flexibility index (Phi) is 6.23. The number of carbonyl (C=O) groups excluding carboxylic acids is 1. The van der Waals surface area contributed by atoms with Crippen molar-refractivity contribution in [1.82, 2.24) is 0 Å². The summed E-state index contributed by atoms with van der Waals surface area (Å²) in [7, 11) is 0. The third-order valence-electron chi connectivity index (χ3n) is 3.44. The molecule has 0 aliphatic heterocycles. The summed E-state index contributed by atoms with van der Waals surface area (Å²) in [5, 5.41) is 22.3. The van der Waals surface area contributed by atoms with Gasteiger partial charge < -0.3 is 10.4 Å². The van der Waals surface area contributed by atoms with E-state index in [1.54, 1.807) is 6.07 Å². The maximum atomic E-state index is 12.4. The molecule has 24 heavy (non-hydrogen) atoms. The van der Waals surface area contributed by atoms with Crippen molar-refractivity contribution in [3.8, 4) is 11.8 Å². The Labute approximate surface area is 167 Å². The largest absolute Gasteiger partial charge is 0.506 e. The molecule has 0 bridgehead atoms. The van der Waals surface area contributed by atoms with Crippen LogP contribution in [0.4, 0.5) is 5.69 Å². The monoisotopic (exact) mass is 544 g/mol. The molecule has 0 atom stereocenters. The molecule has 0 fully saturated rings. The summed E-state index contributed by atoms with van der Waals surface area (Å²) in [6.45, 7) is 3.79. The third kappa shape index (κ3) is 4.27. The second-order valence-electron chi connectivity index (χ2n) is 5.22. The van der Waals surface area contributed by atoms with E-state index in [0.29, 0.717) is 14.8 Å². The number of hydrogen-bond donors (Lipinski definition) is 2. The SMILES string of the molecule is Cc1cccc(C)c1NC(=O)/C(C#N)=C\c1cc(I)cc(I)c1O. The number of aromatic hydroxyl groups is 1. The molecule has 1 amide bonds. The molecule has 2 aromatic rings. The Balaban J connectivity index is 2.39. The fourth-order valence-electron chi connectivity index (χ4n) is 2.19. The number of amides is 1. The number of nitrogens with one attached hydrogen (secondary N) is 1. The van der Waals surface area contributed by atoms with Crippen molar-refractivity contribution in [1.29, 1.82) is 5.26 Å². The van der Waals surface area contributed by atoms with E-state index in [0.717, 1.165) is 14.7 Å². The molecule has 2 rings (SSSR count). The number of benzene rings is 2. The van der Waals surface area contributed by atoms with E-state index >= 15 is 0 Å². The summed E-state index contributed by atoms with van der Waals surface area (Å²) in [4.78, 5) is 12.4. The molecule has 6 heteroatoms. The molecule has 2 N–H and O–H groups in total. The number of rotatable bonds is 3. The minimum absolute atomic E-state index is 0.0589. The van der Waals surface area contributed by atoms with Crippen molar-refractivity contribution >= 4 is 62.9 Å². The lowest BCUT2D eigenvalue weighted by Gasteiger charge is -2.11. The normalized spacial score (nSPS) is 11.0. The summed E-state index contributed by atoms with van der Waals surface area (Å²) in [6, 6.07) is 11.1. The van der Waals surface area contributed by atoms with Crippen LogP contribution in [0.25, 0.3) is 6.08 Å². The van der Waals surface area contributed by atoms with Crippen molar-refractivity contribution in [2.24, 2.45) is 0 Å². The molecule has 0 spiro atoms. The predicted molar refractivity (Wildman–Crippen MR) is 112 cm³/mol. The van der Waals surface area contributed by atoms with Crippen LogP contribution in [0.2, 0.25) is 0 Å². The van der Waals surface area contributed by atoms with Crippen molar-refractivity contribution in [3.05, 3.63) is 59.7 Å². The first-order valence-corrected chi connectivity index (χ1v) is 9.16. The molecule has 122 valence electrons. The van der Waals surface area contributed by atoms with E-state index in [1.165, 1.54) is 6.08 Å². The number of nitrogens with zero attached hydrogens (tertiary/aromatic N) is 1. The lowest BCUT2D eigenvalue weighted by atomic mass is 10.1. The number of phenolic OH excluding ortho intramolecular Hbond substituents is 1. The number of halogens is 2. The highest BCUT2D eigenvalue weighted by atomic mass is 127. The van der Waals surface area contributed by atoms with Crippen LogP contribution in [0.15, 0.2) is 35.9 Å². The van der Waals surface area contributed by atoms with Gasteiger partial charge >= 0.3 is 0 Å². The van der Waals surface area contributed by atoms with E-state index in [4.69, 9.17) is 0 Å². The van der Waals surface area contributed by atoms with Crippen LogP contribution in [0, 0.1) is 32.3 Å². The number of carbonyl (C=O) groups is 1. The van der Waals surface area contributed by atoms with Crippen LogP contribution in [-0.4, -0.2) is 11.0 Å². The van der Waals surface area contributed by atoms with Gasteiger partial charge in [-0.05, 0) is 88.4 Å². The molecule has 0 saturated heterocycles. The van der Waals surface area contributed by atoms with Gasteiger partial charge in [0.2, 0.25) is 0 Å². The van der Waals surface area contributed by atoms with Gasteiger partial charge in [-0.1, -0.05) is 18.2 Å². The van der Waals surface area contributed by atoms with Gasteiger partial charge in [-0.2, -0.15) is 5.26 Å². The molecule has 0 aliphatic rings. The maximum Gasteiger partial charge on any atom is 0.266 e. The Bertz CT molecular complexity index is 863. The minimum atomic E-state index is -0.497. The number of para-hydroxylation sites is 1. The fraction of sp³-hybridized carbons (Fsp3) is 0.111. The summed E-state index contributed by atoms with van der Waals surface area (Å²) in [5.74, 6) is -0.438. The van der Waals surface area contributed by atoms with Crippen molar-refractivity contribution in [2.75, 3.05) is 5.32 Å². The van der Waals surface area contributed by atoms with Gasteiger partial charge in [-0.15, -0.1) is 0 Å². The molecule has 0 saturated carbocycles. The summed E-state index contributed by atoms with van der Waals surface area (Å²) >= 11 is 4.13. The van der Waals surface area contributed by atoms with Crippen LogP contribution in [0.1, 0.15) is 16.7 Å². The molecule has 2 aromatic carbocycles. The van der Waals surface area contributed by atoms with Gasteiger partial charge in [0.05, 0.1) is 3.57 Å². The van der Waals surface area contributed by atoms with Crippen molar-refractivity contribution < 1.29 is 9.90 Å². The second kappa shape index (κ2) is 7.98. The molecular weight excluding hydrogens is 530 g/mol. The average Bonchev–Trinajstić information content (AvgIpc) is 2.52. The Morgan fingerprint density at radius 3 is 2.46 bits per heavy atom. The minimum Gasteiger partial charge on any atom is -0.506 e. The zero-order valence-corrected chi connectivity index (χ0v) is 17.3. The van der Waals surface area contributed by atoms with Gasteiger partial charge in [0.1, 0.15) is 17.4 Å². The first-order chi connectivity index (χ1) is 11.3. The van der Waals surface area contributed by atoms with Crippen LogP contribution >= 0.6 is 45.2 Å². The Morgan fingerprint density at radius 2 is 1.88 bits per heavy atom. The highest BCUT2D eigenvalue weighted by molar-refractivity contribution is 14.1. The van der Waals surface area contributed by atoms with Crippen molar-refractivity contribution in [3.63, 3.8) is 0 Å². The molecule has 0 radical (unpaired) electrons. The number of hydrogen-bond acceptors (Lipinski definition) is 3. The molecule has 0 aliphatic carbocycles. The number of phenols is 1. The van der Waals surface area contributed by atoms with E-state index < -0.39 is 5.91 Å². The Morgan fingerprint density at radius 1 is 1.25 bits per heavy atom. The third-order valence-corrected chi connectivity index (χ3v) is 4.89. The lowest BCUT2D eigenvalue weighted by Crippen LogP contribution is -2.15. The van der Waals surface area contributed by atoms with Gasteiger partial charge in [0.25, 0.3) is 5.91 Å². The quantitative estimate of drug-likeness (QED) is 0.333. The van der Waals surface area contributed by atoms with E-state index in [-0.39, 0.29) is 11.3 Å². The van der Waals surface area contributed by atoms with Crippen LogP contribution in [0.3, 0.4) is 0 Å². The van der Waals surface area contributed by atoms with Gasteiger partial charge in [-0.3, -0.25) is 4.79 Å². The summed E-state index contributed by atoms with van der Waals surface area (Å²) < 4.78 is 1.58. The molecule has 0 heterocycles. The number of aryl methyl sites for hydroxylation is 2. The second-order valence-corrected chi connectivity index (χ2v) is 7.62. The highest BCUT2D eigenvalue weighted by Crippen LogP contribution is 2.29. The number of nitriles is 1. The molecular formula is C18H14I2N2O2. The Hall–Kier alpha value is -1.60. The van der Waals surface area contributed by atoms with Crippen LogP contribution in [0.5, 0.6) is 5.75 Å². The van der Waals surface area contributed by atoms with Gasteiger partial charge in [0.15, 0.2) is 0 Å². The average molecular weight is 544 g/mol. The van der Waals surface area contributed by atoms with E-state index in [9.17, 15) is 15.2 Å². The number of anilines is 1. The van der Waals surface area contributed by atoms with Gasteiger partial charge in [0, 0.05) is 14.8 Å².